The van der Waals surface area contributed by atoms with Crippen molar-refractivity contribution in [1.29, 1.82) is 0 Å². The molecule has 0 aliphatic rings. The summed E-state index contributed by atoms with van der Waals surface area (Å²) >= 11 is 0. The molecule has 0 aliphatic heterocycles. The molecule has 8 nitrogen and oxygen atoms in total. The monoisotopic (exact) mass is 354 g/mol. The van der Waals surface area contributed by atoms with Gasteiger partial charge in [0.1, 0.15) is 11.7 Å². The lowest BCUT2D eigenvalue weighted by atomic mass is 9.99. The van der Waals surface area contributed by atoms with E-state index in [2.05, 4.69) is 10.1 Å². The molecule has 25 heavy (non-hydrogen) atoms. The van der Waals surface area contributed by atoms with Crippen molar-refractivity contribution in [1.82, 2.24) is 5.32 Å². The van der Waals surface area contributed by atoms with Gasteiger partial charge in [0.2, 0.25) is 0 Å². The van der Waals surface area contributed by atoms with Crippen LogP contribution in [0, 0.1) is 0 Å². The third kappa shape index (κ3) is 6.60. The fourth-order valence-corrected chi connectivity index (χ4v) is 2.08. The molecule has 1 rings (SSSR count). The van der Waals surface area contributed by atoms with E-state index in [0.717, 1.165) is 0 Å². The molecule has 0 aromatic heterocycles. The quantitative estimate of drug-likeness (QED) is 0.448. The van der Waals surface area contributed by atoms with Gasteiger partial charge in [-0.2, -0.15) is 0 Å². The number of anilines is 1. The molecule has 0 aliphatic carbocycles. The molecule has 140 valence electrons. The van der Waals surface area contributed by atoms with Crippen LogP contribution in [-0.2, 0) is 9.47 Å². The van der Waals surface area contributed by atoms with Crippen LogP contribution in [-0.4, -0.2) is 47.6 Å². The zero-order chi connectivity index (χ0) is 19.2. The Labute approximate surface area is 146 Å². The van der Waals surface area contributed by atoms with Crippen molar-refractivity contribution in [3.63, 3.8) is 0 Å². The summed E-state index contributed by atoms with van der Waals surface area (Å²) in [5.41, 5.74) is 5.83. The molecule has 0 saturated carbocycles. The van der Waals surface area contributed by atoms with Crippen LogP contribution >= 0.6 is 0 Å². The lowest BCUT2D eigenvalue weighted by Gasteiger charge is -2.21. The van der Waals surface area contributed by atoms with Crippen molar-refractivity contribution in [2.75, 3.05) is 19.4 Å². The van der Waals surface area contributed by atoms with Gasteiger partial charge in [-0.05, 0) is 44.9 Å². The number of carbonyl (C=O) groups is 2. The summed E-state index contributed by atoms with van der Waals surface area (Å²) in [6.07, 6.45) is -2.83. The highest BCUT2D eigenvalue weighted by atomic mass is 16.6. The molecule has 0 heterocycles. The van der Waals surface area contributed by atoms with Crippen LogP contribution in [0.3, 0.4) is 0 Å². The Balaban J connectivity index is 2.59. The third-order valence-corrected chi connectivity index (χ3v) is 3.30. The van der Waals surface area contributed by atoms with E-state index in [0.29, 0.717) is 5.56 Å². The molecule has 8 heteroatoms. The van der Waals surface area contributed by atoms with E-state index >= 15 is 0 Å². The van der Waals surface area contributed by atoms with Gasteiger partial charge in [0.25, 0.3) is 0 Å². The van der Waals surface area contributed by atoms with Gasteiger partial charge in [0, 0.05) is 12.2 Å². The van der Waals surface area contributed by atoms with Crippen LogP contribution in [0.5, 0.6) is 0 Å². The first-order chi connectivity index (χ1) is 11.5. The number of aliphatic hydroxyl groups is 2. The van der Waals surface area contributed by atoms with Gasteiger partial charge in [-0.25, -0.2) is 9.59 Å². The predicted molar refractivity (Wildman–Crippen MR) is 92.0 cm³/mol. The Morgan fingerprint density at radius 1 is 1.28 bits per heavy atom. The fourth-order valence-electron chi connectivity index (χ4n) is 2.08. The van der Waals surface area contributed by atoms with Gasteiger partial charge in [0.05, 0.1) is 18.8 Å². The highest BCUT2D eigenvalue weighted by molar-refractivity contribution is 5.95. The zero-order valence-electron chi connectivity index (χ0n) is 14.9. The standard InChI is InChI=1S/C17H26N2O6/c1-17(2,3)25-16(23)19-8-7-13(20)14(21)10-5-6-11(12(18)9-10)15(22)24-4/h5-6,9,13-14,20-21H,7-8,18H2,1-4H3,(H,19,23). The van der Waals surface area contributed by atoms with E-state index in [1.807, 2.05) is 0 Å². The second-order valence-corrected chi connectivity index (χ2v) is 6.57. The molecular weight excluding hydrogens is 328 g/mol. The molecule has 0 saturated heterocycles. The molecule has 5 N–H and O–H groups in total. The molecule has 1 aromatic carbocycles. The number of benzene rings is 1. The van der Waals surface area contributed by atoms with Gasteiger partial charge in [0.15, 0.2) is 0 Å². The number of hydrogen-bond donors (Lipinski definition) is 4. The van der Waals surface area contributed by atoms with Gasteiger partial charge in [-0.1, -0.05) is 6.07 Å². The lowest BCUT2D eigenvalue weighted by Crippen LogP contribution is -2.34. The number of rotatable bonds is 6. The van der Waals surface area contributed by atoms with Crippen molar-refractivity contribution in [3.8, 4) is 0 Å². The van der Waals surface area contributed by atoms with Crippen molar-refractivity contribution >= 4 is 17.7 Å². The molecule has 2 atom stereocenters. The Hall–Kier alpha value is -2.32. The van der Waals surface area contributed by atoms with Gasteiger partial charge < -0.3 is 30.7 Å². The van der Waals surface area contributed by atoms with E-state index in [1.54, 1.807) is 20.8 Å². The topological polar surface area (TPSA) is 131 Å². The van der Waals surface area contributed by atoms with E-state index in [4.69, 9.17) is 10.5 Å². The molecule has 0 fully saturated rings. The van der Waals surface area contributed by atoms with Crippen LogP contribution in [0.15, 0.2) is 18.2 Å². The lowest BCUT2D eigenvalue weighted by molar-refractivity contribution is 0.0123. The molecule has 2 unspecified atom stereocenters. The Morgan fingerprint density at radius 3 is 2.44 bits per heavy atom. The minimum Gasteiger partial charge on any atom is -0.465 e. The van der Waals surface area contributed by atoms with E-state index < -0.39 is 29.9 Å². The van der Waals surface area contributed by atoms with E-state index in [9.17, 15) is 19.8 Å². The summed E-state index contributed by atoms with van der Waals surface area (Å²) in [5, 5.41) is 22.7. The predicted octanol–water partition coefficient (Wildman–Crippen LogP) is 1.36. The number of carbonyl (C=O) groups excluding carboxylic acids is 2. The van der Waals surface area contributed by atoms with Crippen LogP contribution in [0.25, 0.3) is 0 Å². The number of amides is 1. The molecule has 1 aromatic rings. The summed E-state index contributed by atoms with van der Waals surface area (Å²) in [6.45, 7) is 5.36. The highest BCUT2D eigenvalue weighted by Gasteiger charge is 2.21. The average molecular weight is 354 g/mol. The molecular formula is C17H26N2O6. The van der Waals surface area contributed by atoms with Gasteiger partial charge in [-0.3, -0.25) is 0 Å². The second-order valence-electron chi connectivity index (χ2n) is 6.57. The molecule has 0 spiro atoms. The number of alkyl carbamates (subject to hydrolysis) is 1. The zero-order valence-corrected chi connectivity index (χ0v) is 14.9. The van der Waals surface area contributed by atoms with Crippen LogP contribution in [0.4, 0.5) is 10.5 Å². The number of hydrogen-bond acceptors (Lipinski definition) is 7. The Bertz CT molecular complexity index is 612. The first kappa shape index (κ1) is 20.7. The maximum Gasteiger partial charge on any atom is 0.407 e. The number of aliphatic hydroxyl groups excluding tert-OH is 2. The van der Waals surface area contributed by atoms with Crippen molar-refractivity contribution in [2.24, 2.45) is 0 Å². The van der Waals surface area contributed by atoms with Crippen molar-refractivity contribution < 1.29 is 29.3 Å². The minimum absolute atomic E-state index is 0.110. The van der Waals surface area contributed by atoms with Crippen molar-refractivity contribution in [2.45, 2.75) is 45.0 Å². The third-order valence-electron chi connectivity index (χ3n) is 3.30. The summed E-state index contributed by atoms with van der Waals surface area (Å²) in [7, 11) is 1.24. The fraction of sp³-hybridized carbons (Fsp3) is 0.529. The maximum absolute atomic E-state index is 11.5. The van der Waals surface area contributed by atoms with Crippen LogP contribution < -0.4 is 11.1 Å². The second kappa shape index (κ2) is 8.68. The molecule has 0 radical (unpaired) electrons. The molecule has 1 amide bonds. The van der Waals surface area contributed by atoms with E-state index in [1.165, 1.54) is 25.3 Å². The maximum atomic E-state index is 11.5. The SMILES string of the molecule is COC(=O)c1ccc(C(O)C(O)CCNC(=O)OC(C)(C)C)cc1N. The summed E-state index contributed by atoms with van der Waals surface area (Å²) in [4.78, 5) is 23.0. The van der Waals surface area contributed by atoms with E-state index in [-0.39, 0.29) is 24.2 Å². The first-order valence-electron chi connectivity index (χ1n) is 7.86. The number of esters is 1. The number of nitrogen functional groups attached to an aromatic ring is 1. The summed E-state index contributed by atoms with van der Waals surface area (Å²) in [6, 6.07) is 4.31. The summed E-state index contributed by atoms with van der Waals surface area (Å²) in [5.74, 6) is -0.583. The number of nitrogens with one attached hydrogen (secondary N) is 1. The number of methoxy groups -OCH3 is 1. The van der Waals surface area contributed by atoms with Crippen LogP contribution in [0.1, 0.15) is 49.2 Å². The largest absolute Gasteiger partial charge is 0.465 e. The summed E-state index contributed by atoms with van der Waals surface area (Å²) < 4.78 is 9.66. The average Bonchev–Trinajstić information content (AvgIpc) is 2.51. The van der Waals surface area contributed by atoms with Crippen molar-refractivity contribution in [3.05, 3.63) is 29.3 Å². The minimum atomic E-state index is -1.21. The Morgan fingerprint density at radius 2 is 1.92 bits per heavy atom. The normalized spacial score (nSPS) is 13.7. The highest BCUT2D eigenvalue weighted by Crippen LogP contribution is 2.23. The Kier molecular flexibility index (Phi) is 7.20. The number of nitrogens with two attached hydrogens (primary N) is 1. The smallest absolute Gasteiger partial charge is 0.407 e. The molecule has 0 bridgehead atoms. The number of ether oxygens (including phenoxy) is 2. The van der Waals surface area contributed by atoms with Gasteiger partial charge >= 0.3 is 12.1 Å². The van der Waals surface area contributed by atoms with Crippen LogP contribution in [0.2, 0.25) is 0 Å². The first-order valence-corrected chi connectivity index (χ1v) is 7.86. The van der Waals surface area contributed by atoms with Gasteiger partial charge in [-0.15, -0.1) is 0 Å².